The summed E-state index contributed by atoms with van der Waals surface area (Å²) in [6, 6.07) is 0. The molecule has 0 aromatic rings. The molecule has 6 N–H and O–H groups in total. The number of aliphatic hydroxyl groups is 2. The highest BCUT2D eigenvalue weighted by molar-refractivity contribution is 7.80. The topological polar surface area (TPSA) is 111 Å². The van der Waals surface area contributed by atoms with Gasteiger partial charge in [0.25, 0.3) is 0 Å². The molecule has 6 nitrogen and oxygen atoms in total. The van der Waals surface area contributed by atoms with Crippen molar-refractivity contribution in [2.45, 2.75) is 24.4 Å². The van der Waals surface area contributed by atoms with Gasteiger partial charge in [-0.15, -0.1) is 0 Å². The number of aliphatic hydroxyl groups excluding tert-OH is 2. The summed E-state index contributed by atoms with van der Waals surface area (Å²) < 4.78 is 10.2. The van der Waals surface area contributed by atoms with Crippen LogP contribution in [-0.4, -0.2) is 53.0 Å². The smallest absolute Gasteiger partial charge is 0.160 e. The lowest BCUT2D eigenvalue weighted by Gasteiger charge is -2.09. The van der Waals surface area contributed by atoms with Crippen molar-refractivity contribution in [3.63, 3.8) is 0 Å². The molecule has 7 heteroatoms. The normalized spacial score (nSPS) is 39.9. The maximum absolute atomic E-state index is 9.16. The monoisotopic (exact) mass is 222 g/mol. The molecule has 0 aromatic heterocycles. The molecule has 2 fully saturated rings. The van der Waals surface area contributed by atoms with Crippen molar-refractivity contribution in [3.8, 4) is 0 Å². The third-order valence-electron chi connectivity index (χ3n) is 2.00. The summed E-state index contributed by atoms with van der Waals surface area (Å²) >= 11 is 4.09. The zero-order chi connectivity index (χ0) is 10.7. The molecule has 0 aliphatic carbocycles. The molecule has 0 bridgehead atoms. The van der Waals surface area contributed by atoms with Gasteiger partial charge in [-0.05, 0) is 12.2 Å². The van der Waals surface area contributed by atoms with Crippen LogP contribution in [0.25, 0.3) is 0 Å². The number of rotatable bonds is 0. The first kappa shape index (κ1) is 11.6. The van der Waals surface area contributed by atoms with Crippen molar-refractivity contribution in [2.24, 2.45) is 11.5 Å². The van der Waals surface area contributed by atoms with Gasteiger partial charge >= 0.3 is 0 Å². The third-order valence-corrected chi connectivity index (χ3v) is 2.00. The summed E-state index contributed by atoms with van der Waals surface area (Å²) in [5, 5.41) is 18.3. The average molecular weight is 222 g/mol. The van der Waals surface area contributed by atoms with Gasteiger partial charge in [0, 0.05) is 0 Å². The highest BCUT2D eigenvalue weighted by Gasteiger charge is 2.46. The van der Waals surface area contributed by atoms with Crippen molar-refractivity contribution < 1.29 is 19.7 Å². The summed E-state index contributed by atoms with van der Waals surface area (Å²) in [5.74, 6) is 0. The van der Waals surface area contributed by atoms with Crippen molar-refractivity contribution in [3.05, 3.63) is 0 Å². The van der Waals surface area contributed by atoms with Crippen molar-refractivity contribution in [1.82, 2.24) is 0 Å². The molecule has 2 aliphatic rings. The number of nitrogens with two attached hydrogens (primary N) is 2. The highest BCUT2D eigenvalue weighted by atomic mass is 32.1. The van der Waals surface area contributed by atoms with Gasteiger partial charge in [-0.1, -0.05) is 0 Å². The van der Waals surface area contributed by atoms with Crippen LogP contribution in [0, 0.1) is 0 Å². The first-order valence-corrected chi connectivity index (χ1v) is 4.57. The van der Waals surface area contributed by atoms with Crippen LogP contribution in [0.2, 0.25) is 0 Å². The van der Waals surface area contributed by atoms with Gasteiger partial charge in [-0.25, -0.2) is 0 Å². The molecule has 2 saturated heterocycles. The lowest BCUT2D eigenvalue weighted by atomic mass is 10.1. The van der Waals surface area contributed by atoms with Crippen LogP contribution in [0.4, 0.5) is 0 Å². The Kier molecular flexibility index (Phi) is 4.02. The minimum absolute atomic E-state index is 0.000000000000000222. The van der Waals surface area contributed by atoms with Crippen LogP contribution in [-0.2, 0) is 9.47 Å². The van der Waals surface area contributed by atoms with Crippen LogP contribution in [0.1, 0.15) is 0 Å². The lowest BCUT2D eigenvalue weighted by Crippen LogP contribution is -2.30. The lowest BCUT2D eigenvalue weighted by molar-refractivity contribution is 0.00205. The minimum atomic E-state index is -0.554. The van der Waals surface area contributed by atoms with E-state index in [9.17, 15) is 0 Å². The van der Waals surface area contributed by atoms with Crippen LogP contribution in [0.5, 0.6) is 0 Å². The molecule has 0 saturated carbocycles. The van der Waals surface area contributed by atoms with E-state index in [2.05, 4.69) is 23.7 Å². The molecule has 4 atom stereocenters. The second kappa shape index (κ2) is 4.85. The van der Waals surface area contributed by atoms with Gasteiger partial charge in [-0.3, -0.25) is 0 Å². The molecular weight excluding hydrogens is 208 g/mol. The van der Waals surface area contributed by atoms with E-state index in [0.29, 0.717) is 0 Å². The van der Waals surface area contributed by atoms with Crippen LogP contribution in [0.15, 0.2) is 0 Å². The average Bonchev–Trinajstić information content (AvgIpc) is 2.57. The molecular formula is C7H14N2O4S. The number of hydrogen-bond donors (Lipinski definition) is 4. The van der Waals surface area contributed by atoms with E-state index in [4.69, 9.17) is 19.7 Å². The fraction of sp³-hybridized carbons (Fsp3) is 0.857. The fourth-order valence-electron chi connectivity index (χ4n) is 1.46. The van der Waals surface area contributed by atoms with E-state index in [0.717, 1.165) is 0 Å². The van der Waals surface area contributed by atoms with Crippen LogP contribution < -0.4 is 11.5 Å². The Morgan fingerprint density at radius 3 is 1.64 bits per heavy atom. The Bertz CT molecular complexity index is 196. The van der Waals surface area contributed by atoms with E-state index >= 15 is 0 Å². The zero-order valence-corrected chi connectivity index (χ0v) is 8.31. The van der Waals surface area contributed by atoms with Crippen molar-refractivity contribution in [1.29, 1.82) is 0 Å². The van der Waals surface area contributed by atoms with Gasteiger partial charge in [0.15, 0.2) is 5.11 Å². The molecule has 2 heterocycles. The second-order valence-electron chi connectivity index (χ2n) is 3.13. The van der Waals surface area contributed by atoms with E-state index < -0.39 is 12.2 Å². The number of fused-ring (bicyclic) bond motifs is 1. The summed E-state index contributed by atoms with van der Waals surface area (Å²) in [4.78, 5) is 0. The van der Waals surface area contributed by atoms with Gasteiger partial charge in [0.1, 0.15) is 24.4 Å². The maximum Gasteiger partial charge on any atom is 0.160 e. The fourth-order valence-corrected chi connectivity index (χ4v) is 1.46. The molecule has 0 radical (unpaired) electrons. The van der Waals surface area contributed by atoms with Gasteiger partial charge in [0.05, 0.1) is 13.2 Å². The zero-order valence-electron chi connectivity index (χ0n) is 7.50. The summed E-state index contributed by atoms with van der Waals surface area (Å²) in [6.45, 7) is 0.568. The largest absolute Gasteiger partial charge is 0.388 e. The van der Waals surface area contributed by atoms with Crippen LogP contribution >= 0.6 is 12.2 Å². The van der Waals surface area contributed by atoms with E-state index in [-0.39, 0.29) is 30.5 Å². The second-order valence-corrected chi connectivity index (χ2v) is 3.60. The van der Waals surface area contributed by atoms with E-state index in [1.165, 1.54) is 0 Å². The van der Waals surface area contributed by atoms with E-state index in [1.54, 1.807) is 0 Å². The predicted molar refractivity (Wildman–Crippen MR) is 52.5 cm³/mol. The molecule has 0 spiro atoms. The Morgan fingerprint density at radius 2 is 1.36 bits per heavy atom. The summed E-state index contributed by atoms with van der Waals surface area (Å²) in [5.41, 5.74) is 9.24. The Balaban J connectivity index is 0.000000213. The van der Waals surface area contributed by atoms with Crippen molar-refractivity contribution >= 4 is 17.3 Å². The first-order valence-electron chi connectivity index (χ1n) is 4.16. The predicted octanol–water partition coefficient (Wildman–Crippen LogP) is -2.31. The number of ether oxygens (including phenoxy) is 2. The SMILES string of the molecule is NC(N)=S.O[C@@H]1CO[C@H]2[C@@H]1OC[C@@H]2O. The van der Waals surface area contributed by atoms with Gasteiger partial charge < -0.3 is 31.2 Å². The summed E-state index contributed by atoms with van der Waals surface area (Å²) in [7, 11) is 0. The quantitative estimate of drug-likeness (QED) is 0.341. The van der Waals surface area contributed by atoms with Crippen LogP contribution in [0.3, 0.4) is 0 Å². The minimum Gasteiger partial charge on any atom is -0.388 e. The Hall–Kier alpha value is -0.470. The molecule has 2 aliphatic heterocycles. The third kappa shape index (κ3) is 2.76. The Morgan fingerprint density at radius 1 is 1.07 bits per heavy atom. The Labute approximate surface area is 86.8 Å². The highest BCUT2D eigenvalue weighted by Crippen LogP contribution is 2.26. The molecule has 0 unspecified atom stereocenters. The number of thiocarbonyl (C=S) groups is 1. The maximum atomic E-state index is 9.16. The molecule has 0 amide bonds. The molecule has 2 rings (SSSR count). The molecule has 0 aromatic carbocycles. The standard InChI is InChI=1S/C6H10O4.CH4N2S/c7-3-1-9-6-4(8)2-10-5(3)6;2-1(3)4/h3-8H,1-2H2;(H4,2,3,4)/t3-,4+,5-,6-;/m1./s1. The van der Waals surface area contributed by atoms with Crippen molar-refractivity contribution in [2.75, 3.05) is 13.2 Å². The summed E-state index contributed by atoms with van der Waals surface area (Å²) in [6.07, 6.45) is -1.70. The molecule has 14 heavy (non-hydrogen) atoms. The first-order chi connectivity index (χ1) is 6.52. The molecule has 82 valence electrons. The van der Waals surface area contributed by atoms with Gasteiger partial charge in [0.2, 0.25) is 0 Å². The van der Waals surface area contributed by atoms with E-state index in [1.807, 2.05) is 0 Å². The number of hydrogen-bond acceptors (Lipinski definition) is 5. The van der Waals surface area contributed by atoms with Gasteiger partial charge in [-0.2, -0.15) is 0 Å².